The molecule has 0 radical (unpaired) electrons. The molecule has 2 heterocycles. The minimum Gasteiger partial charge on any atom is -0.315 e. The van der Waals surface area contributed by atoms with Crippen LogP contribution in [0.5, 0.6) is 0 Å². The summed E-state index contributed by atoms with van der Waals surface area (Å²) < 4.78 is 30.1. The molecule has 30 heavy (non-hydrogen) atoms. The number of nitrogens with zero attached hydrogens (tertiary/aromatic N) is 3. The lowest BCUT2D eigenvalue weighted by molar-refractivity contribution is 0.536. The van der Waals surface area contributed by atoms with Crippen molar-refractivity contribution in [2.75, 3.05) is 13.1 Å². The van der Waals surface area contributed by atoms with Gasteiger partial charge in [-0.15, -0.1) is 0 Å². The first-order valence-electron chi connectivity index (χ1n) is 9.91. The van der Waals surface area contributed by atoms with Gasteiger partial charge in [0.1, 0.15) is 0 Å². The number of aromatic nitrogens is 3. The van der Waals surface area contributed by atoms with Crippen LogP contribution in [0.1, 0.15) is 12.6 Å². The lowest BCUT2D eigenvalue weighted by Gasteiger charge is -2.15. The van der Waals surface area contributed by atoms with Crippen molar-refractivity contribution in [3.05, 3.63) is 66.6 Å². The molecule has 2 N–H and O–H groups in total. The molecule has 7 nitrogen and oxygen atoms in total. The van der Waals surface area contributed by atoms with Gasteiger partial charge in [-0.2, -0.15) is 5.10 Å². The summed E-state index contributed by atoms with van der Waals surface area (Å²) in [6, 6.07) is 14.8. The van der Waals surface area contributed by atoms with Crippen molar-refractivity contribution >= 4 is 31.7 Å². The molecule has 0 aliphatic rings. The molecule has 0 fully saturated rings. The van der Waals surface area contributed by atoms with Crippen molar-refractivity contribution in [2.45, 2.75) is 24.3 Å². The number of sulfonamides is 1. The first kappa shape index (κ1) is 20.5. The molecule has 8 heteroatoms. The molecule has 0 bridgehead atoms. The Kier molecular flexibility index (Phi) is 5.80. The second-order valence-electron chi connectivity index (χ2n) is 7.45. The van der Waals surface area contributed by atoms with E-state index in [2.05, 4.69) is 32.3 Å². The highest BCUT2D eigenvalue weighted by Gasteiger charge is 2.17. The highest BCUT2D eigenvalue weighted by molar-refractivity contribution is 7.89. The topological polar surface area (TPSA) is 88.9 Å². The maximum atomic E-state index is 12.7. The summed E-state index contributed by atoms with van der Waals surface area (Å²) >= 11 is 0. The number of rotatable bonds is 8. The molecule has 4 rings (SSSR count). The Morgan fingerprint density at radius 3 is 2.80 bits per heavy atom. The van der Waals surface area contributed by atoms with E-state index in [-0.39, 0.29) is 10.9 Å². The number of benzene rings is 2. The fourth-order valence-corrected chi connectivity index (χ4v) is 4.88. The minimum absolute atomic E-state index is 0.247. The molecule has 2 aromatic carbocycles. The maximum absolute atomic E-state index is 12.7. The van der Waals surface area contributed by atoms with Gasteiger partial charge >= 0.3 is 0 Å². The van der Waals surface area contributed by atoms with Crippen LogP contribution in [0.2, 0.25) is 0 Å². The van der Waals surface area contributed by atoms with E-state index in [4.69, 9.17) is 0 Å². The summed E-state index contributed by atoms with van der Waals surface area (Å²) in [5, 5.41) is 10.8. The molecule has 0 spiro atoms. The lowest BCUT2D eigenvalue weighted by atomic mass is 10.1. The summed E-state index contributed by atoms with van der Waals surface area (Å²) in [5.74, 6) is 0. The average molecular weight is 424 g/mol. The summed E-state index contributed by atoms with van der Waals surface area (Å²) in [4.78, 5) is 4.31. The normalized spacial score (nSPS) is 13.1. The van der Waals surface area contributed by atoms with Crippen LogP contribution < -0.4 is 10.0 Å². The summed E-state index contributed by atoms with van der Waals surface area (Å²) in [6.45, 7) is 3.10. The van der Waals surface area contributed by atoms with E-state index >= 15 is 0 Å². The molecule has 156 valence electrons. The van der Waals surface area contributed by atoms with Gasteiger partial charge in [0.05, 0.1) is 16.1 Å². The second-order valence-corrected chi connectivity index (χ2v) is 9.16. The van der Waals surface area contributed by atoms with E-state index in [0.717, 1.165) is 40.3 Å². The van der Waals surface area contributed by atoms with Crippen LogP contribution in [0.4, 0.5) is 0 Å². The van der Waals surface area contributed by atoms with Crippen molar-refractivity contribution in [3.63, 3.8) is 0 Å². The largest absolute Gasteiger partial charge is 0.315 e. The van der Waals surface area contributed by atoms with E-state index in [1.807, 2.05) is 30.8 Å². The number of pyridine rings is 1. The van der Waals surface area contributed by atoms with Crippen LogP contribution in [0.25, 0.3) is 21.7 Å². The molecule has 4 aromatic rings. The minimum atomic E-state index is -3.59. The first-order chi connectivity index (χ1) is 14.4. The zero-order valence-corrected chi connectivity index (χ0v) is 17.9. The van der Waals surface area contributed by atoms with Gasteiger partial charge in [-0.1, -0.05) is 24.3 Å². The van der Waals surface area contributed by atoms with E-state index in [0.29, 0.717) is 6.54 Å². The number of hydrogen-bond acceptors (Lipinski definition) is 5. The molecule has 0 aliphatic heterocycles. The quantitative estimate of drug-likeness (QED) is 0.425. The Bertz CT molecular complexity index is 1280. The number of hydrogen-bond donors (Lipinski definition) is 2. The Labute approximate surface area is 176 Å². The van der Waals surface area contributed by atoms with E-state index in [1.165, 1.54) is 0 Å². The van der Waals surface area contributed by atoms with Crippen molar-refractivity contribution in [1.29, 1.82) is 0 Å². The van der Waals surface area contributed by atoms with Crippen LogP contribution in [0.15, 0.2) is 65.8 Å². The fraction of sp³-hybridized carbons (Fsp3) is 0.273. The maximum Gasteiger partial charge on any atom is 0.240 e. The third-order valence-electron chi connectivity index (χ3n) is 5.10. The molecule has 0 aliphatic carbocycles. The van der Waals surface area contributed by atoms with Gasteiger partial charge in [-0.05, 0) is 36.6 Å². The molecule has 0 unspecified atom stereocenters. The summed E-state index contributed by atoms with van der Waals surface area (Å²) in [6.07, 6.45) is 4.15. The van der Waals surface area contributed by atoms with E-state index < -0.39 is 10.0 Å². The zero-order chi connectivity index (χ0) is 21.1. The first-order valence-corrected chi connectivity index (χ1v) is 11.4. The third-order valence-corrected chi connectivity index (χ3v) is 6.69. The van der Waals surface area contributed by atoms with Gasteiger partial charge in [0.25, 0.3) is 0 Å². The van der Waals surface area contributed by atoms with Gasteiger partial charge in [-0.3, -0.25) is 9.67 Å². The molecule has 0 saturated heterocycles. The lowest BCUT2D eigenvalue weighted by Crippen LogP contribution is -2.40. The van der Waals surface area contributed by atoms with Crippen LogP contribution in [-0.4, -0.2) is 42.3 Å². The van der Waals surface area contributed by atoms with Crippen LogP contribution in [0, 0.1) is 0 Å². The summed E-state index contributed by atoms with van der Waals surface area (Å²) in [5.41, 5.74) is 2.15. The van der Waals surface area contributed by atoms with E-state index in [9.17, 15) is 8.42 Å². The SMILES string of the molecule is C[C@H](CNCCc1nn(C)c2ccccc12)NS(=O)(=O)c1ccc2cnccc2c1. The Morgan fingerprint density at radius 2 is 1.93 bits per heavy atom. The van der Waals surface area contributed by atoms with Crippen LogP contribution >= 0.6 is 0 Å². The fourth-order valence-electron chi connectivity index (χ4n) is 3.60. The van der Waals surface area contributed by atoms with Crippen molar-refractivity contribution in [3.8, 4) is 0 Å². The van der Waals surface area contributed by atoms with Gasteiger partial charge in [0, 0.05) is 55.8 Å². The standard InChI is InChI=1S/C22H25N5O2S/c1-16(14-23-12-10-21-20-5-3-4-6-22(20)27(2)25-21)26-30(28,29)19-8-7-18-15-24-11-9-17(18)13-19/h3-9,11,13,15-16,23,26H,10,12,14H2,1-2H3/t16-/m1/s1. The Balaban J connectivity index is 1.33. The highest BCUT2D eigenvalue weighted by atomic mass is 32.2. The molecular weight excluding hydrogens is 398 g/mol. The van der Waals surface area contributed by atoms with Gasteiger partial charge in [0.2, 0.25) is 10.0 Å². The Hall–Kier alpha value is -2.81. The van der Waals surface area contributed by atoms with Gasteiger partial charge in [0.15, 0.2) is 0 Å². The van der Waals surface area contributed by atoms with Crippen molar-refractivity contribution < 1.29 is 8.42 Å². The average Bonchev–Trinajstić information content (AvgIpc) is 3.06. The van der Waals surface area contributed by atoms with Gasteiger partial charge < -0.3 is 5.32 Å². The van der Waals surface area contributed by atoms with Crippen molar-refractivity contribution in [1.82, 2.24) is 24.8 Å². The molecule has 1 atom stereocenters. The predicted molar refractivity (Wildman–Crippen MR) is 119 cm³/mol. The third kappa shape index (κ3) is 4.35. The molecule has 2 aromatic heterocycles. The number of aryl methyl sites for hydroxylation is 1. The smallest absolute Gasteiger partial charge is 0.240 e. The molecule has 0 saturated carbocycles. The van der Waals surface area contributed by atoms with Crippen LogP contribution in [-0.2, 0) is 23.5 Å². The monoisotopic (exact) mass is 423 g/mol. The second kappa shape index (κ2) is 8.51. The predicted octanol–water partition coefficient (Wildman–Crippen LogP) is 2.62. The number of para-hydroxylation sites is 1. The number of fused-ring (bicyclic) bond motifs is 2. The van der Waals surface area contributed by atoms with Crippen molar-refractivity contribution in [2.24, 2.45) is 7.05 Å². The zero-order valence-electron chi connectivity index (χ0n) is 17.0. The van der Waals surface area contributed by atoms with E-state index in [1.54, 1.807) is 36.7 Å². The van der Waals surface area contributed by atoms with Gasteiger partial charge in [-0.25, -0.2) is 13.1 Å². The Morgan fingerprint density at radius 1 is 1.10 bits per heavy atom. The van der Waals surface area contributed by atoms with Crippen LogP contribution in [0.3, 0.4) is 0 Å². The summed E-state index contributed by atoms with van der Waals surface area (Å²) in [7, 11) is -1.65. The molecule has 0 amide bonds. The molecular formula is C22H25N5O2S. The highest BCUT2D eigenvalue weighted by Crippen LogP contribution is 2.19. The number of nitrogens with one attached hydrogen (secondary N) is 2.